The van der Waals surface area contributed by atoms with Crippen LogP contribution in [0.25, 0.3) is 0 Å². The third-order valence-corrected chi connectivity index (χ3v) is 3.15. The van der Waals surface area contributed by atoms with Crippen molar-refractivity contribution in [3.05, 3.63) is 27.7 Å². The van der Waals surface area contributed by atoms with Crippen molar-refractivity contribution in [2.24, 2.45) is 0 Å². The van der Waals surface area contributed by atoms with Gasteiger partial charge >= 0.3 is 0 Å². The van der Waals surface area contributed by atoms with Crippen molar-refractivity contribution in [3.8, 4) is 5.75 Å². The lowest BCUT2D eigenvalue weighted by Crippen LogP contribution is -2.28. The zero-order valence-electron chi connectivity index (χ0n) is 8.68. The minimum atomic E-state index is -0.967. The predicted molar refractivity (Wildman–Crippen MR) is 57.0 cm³/mol. The van der Waals surface area contributed by atoms with Gasteiger partial charge in [0.1, 0.15) is 6.10 Å². The lowest BCUT2D eigenvalue weighted by atomic mass is 10.1. The van der Waals surface area contributed by atoms with E-state index in [0.29, 0.717) is 10.0 Å². The monoisotopic (exact) mass is 293 g/mol. The molecule has 6 heteroatoms. The zero-order chi connectivity index (χ0) is 11.9. The Hall–Kier alpha value is -0.720. The summed E-state index contributed by atoms with van der Waals surface area (Å²) in [5, 5.41) is 0. The average molecular weight is 294 g/mol. The third kappa shape index (κ3) is 1.70. The predicted octanol–water partition coefficient (Wildman–Crippen LogP) is 2.70. The summed E-state index contributed by atoms with van der Waals surface area (Å²) >= 11 is 3.19. The number of hydrogen-bond donors (Lipinski definition) is 1. The fourth-order valence-electron chi connectivity index (χ4n) is 1.76. The second kappa shape index (κ2) is 4.27. The van der Waals surface area contributed by atoms with Crippen LogP contribution >= 0.6 is 15.9 Å². The van der Waals surface area contributed by atoms with Crippen molar-refractivity contribution in [2.75, 3.05) is 7.11 Å². The van der Waals surface area contributed by atoms with Gasteiger partial charge in [-0.2, -0.15) is 9.87 Å². The molecule has 16 heavy (non-hydrogen) atoms. The van der Waals surface area contributed by atoms with Crippen LogP contribution in [0.15, 0.2) is 10.5 Å². The Morgan fingerprint density at radius 2 is 2.19 bits per heavy atom. The molecule has 1 aliphatic heterocycles. The van der Waals surface area contributed by atoms with Crippen LogP contribution < -0.4 is 10.2 Å². The molecule has 0 radical (unpaired) electrons. The average Bonchev–Trinajstić information content (AvgIpc) is 2.54. The van der Waals surface area contributed by atoms with Crippen LogP contribution in [-0.4, -0.2) is 13.2 Å². The zero-order valence-corrected chi connectivity index (χ0v) is 10.3. The first kappa shape index (κ1) is 11.8. The standard InChI is InChI=1S/C10H10BrF2NO2/c1-4-9(14-15-2)7-5(11)3-6(12)8(13)10(7)16-4/h3-4,9,14H,1-2H3. The summed E-state index contributed by atoms with van der Waals surface area (Å²) in [5.41, 5.74) is 3.23. The lowest BCUT2D eigenvalue weighted by molar-refractivity contribution is 0.0334. The molecule has 0 bridgehead atoms. The lowest BCUT2D eigenvalue weighted by Gasteiger charge is -2.15. The highest BCUT2D eigenvalue weighted by Gasteiger charge is 2.36. The normalized spacial score (nSPS) is 23.1. The van der Waals surface area contributed by atoms with E-state index < -0.39 is 11.6 Å². The summed E-state index contributed by atoms with van der Waals surface area (Å²) < 4.78 is 32.4. The number of fused-ring (bicyclic) bond motifs is 1. The van der Waals surface area contributed by atoms with Crippen LogP contribution in [0.3, 0.4) is 0 Å². The van der Waals surface area contributed by atoms with Crippen molar-refractivity contribution in [3.63, 3.8) is 0 Å². The first-order valence-corrected chi connectivity index (χ1v) is 5.48. The second-order valence-corrected chi connectivity index (χ2v) is 4.37. The number of nitrogens with one attached hydrogen (secondary N) is 1. The Balaban J connectivity index is 2.53. The van der Waals surface area contributed by atoms with E-state index in [1.165, 1.54) is 7.11 Å². The molecule has 3 nitrogen and oxygen atoms in total. The van der Waals surface area contributed by atoms with Gasteiger partial charge in [-0.15, -0.1) is 0 Å². The first-order valence-electron chi connectivity index (χ1n) is 4.68. The van der Waals surface area contributed by atoms with Crippen molar-refractivity contribution in [2.45, 2.75) is 19.1 Å². The fraction of sp³-hybridized carbons (Fsp3) is 0.400. The molecule has 1 aliphatic rings. The Morgan fingerprint density at radius 3 is 2.81 bits per heavy atom. The molecule has 1 aromatic carbocycles. The van der Waals surface area contributed by atoms with Gasteiger partial charge in [0.05, 0.1) is 13.2 Å². The Morgan fingerprint density at radius 1 is 1.50 bits per heavy atom. The van der Waals surface area contributed by atoms with Gasteiger partial charge in [-0.1, -0.05) is 15.9 Å². The van der Waals surface area contributed by atoms with E-state index in [1.54, 1.807) is 6.92 Å². The minimum absolute atomic E-state index is 0.0612. The maximum absolute atomic E-state index is 13.5. The molecule has 0 aromatic heterocycles. The molecule has 0 aliphatic carbocycles. The third-order valence-electron chi connectivity index (χ3n) is 2.49. The van der Waals surface area contributed by atoms with Gasteiger partial charge in [0.25, 0.3) is 0 Å². The highest BCUT2D eigenvalue weighted by Crippen LogP contribution is 2.43. The van der Waals surface area contributed by atoms with Crippen LogP contribution in [-0.2, 0) is 4.84 Å². The maximum atomic E-state index is 13.5. The van der Waals surface area contributed by atoms with E-state index in [0.717, 1.165) is 6.07 Å². The van der Waals surface area contributed by atoms with E-state index >= 15 is 0 Å². The topological polar surface area (TPSA) is 30.5 Å². The maximum Gasteiger partial charge on any atom is 0.201 e. The van der Waals surface area contributed by atoms with E-state index in [4.69, 9.17) is 9.57 Å². The van der Waals surface area contributed by atoms with Gasteiger partial charge in [0, 0.05) is 10.0 Å². The molecule has 88 valence electrons. The van der Waals surface area contributed by atoms with E-state index in [2.05, 4.69) is 21.4 Å². The molecule has 0 amide bonds. The van der Waals surface area contributed by atoms with E-state index in [1.807, 2.05) is 0 Å². The summed E-state index contributed by atoms with van der Waals surface area (Å²) in [6.07, 6.45) is -0.331. The molecule has 0 saturated carbocycles. The van der Waals surface area contributed by atoms with Crippen LogP contribution in [0.2, 0.25) is 0 Å². The smallest absolute Gasteiger partial charge is 0.201 e. The molecule has 2 unspecified atom stereocenters. The summed E-state index contributed by atoms with van der Waals surface area (Å²) in [6, 6.07) is 0.754. The van der Waals surface area contributed by atoms with Gasteiger partial charge in [-0.25, -0.2) is 4.39 Å². The Kier molecular flexibility index (Phi) is 3.14. The minimum Gasteiger partial charge on any atom is -0.485 e. The van der Waals surface area contributed by atoms with Crippen LogP contribution in [0.4, 0.5) is 8.78 Å². The fourth-order valence-corrected chi connectivity index (χ4v) is 2.39. The van der Waals surface area contributed by atoms with Crippen LogP contribution in [0, 0.1) is 11.6 Å². The van der Waals surface area contributed by atoms with Crippen LogP contribution in [0.1, 0.15) is 18.5 Å². The molecule has 1 N–H and O–H groups in total. The van der Waals surface area contributed by atoms with Crippen molar-refractivity contribution in [1.29, 1.82) is 0 Å². The van der Waals surface area contributed by atoms with E-state index in [-0.39, 0.29) is 17.9 Å². The van der Waals surface area contributed by atoms with Gasteiger partial charge in [-0.3, -0.25) is 0 Å². The molecule has 2 atom stereocenters. The summed E-state index contributed by atoms with van der Waals surface area (Å²) in [5.74, 6) is -1.96. The molecule has 0 fully saturated rings. The second-order valence-electron chi connectivity index (χ2n) is 3.52. The van der Waals surface area contributed by atoms with Gasteiger partial charge in [-0.05, 0) is 13.0 Å². The van der Waals surface area contributed by atoms with Crippen molar-refractivity contribution >= 4 is 15.9 Å². The molecule has 0 saturated heterocycles. The SMILES string of the molecule is CONC1c2c(Br)cc(F)c(F)c2OC1C. The number of rotatable bonds is 2. The Bertz CT molecular complexity index is 428. The molecular weight excluding hydrogens is 284 g/mol. The number of benzene rings is 1. The molecule has 2 rings (SSSR count). The number of hydroxylamine groups is 1. The molecule has 1 heterocycles. The Labute approximate surface area is 99.8 Å². The molecule has 0 spiro atoms. The van der Waals surface area contributed by atoms with Gasteiger partial charge in [0.2, 0.25) is 5.82 Å². The first-order chi connectivity index (χ1) is 7.56. The molecular formula is C10H10BrF2NO2. The summed E-state index contributed by atoms with van der Waals surface area (Å²) in [6.45, 7) is 1.75. The number of hydrogen-bond acceptors (Lipinski definition) is 3. The quantitative estimate of drug-likeness (QED) is 0.672. The highest BCUT2D eigenvalue weighted by molar-refractivity contribution is 9.10. The number of ether oxygens (including phenoxy) is 1. The molecule has 1 aromatic rings. The van der Waals surface area contributed by atoms with Crippen molar-refractivity contribution in [1.82, 2.24) is 5.48 Å². The van der Waals surface area contributed by atoms with Gasteiger partial charge in [0.15, 0.2) is 11.6 Å². The summed E-state index contributed by atoms with van der Waals surface area (Å²) in [4.78, 5) is 4.81. The largest absolute Gasteiger partial charge is 0.485 e. The highest BCUT2D eigenvalue weighted by atomic mass is 79.9. The van der Waals surface area contributed by atoms with E-state index in [9.17, 15) is 8.78 Å². The summed E-state index contributed by atoms with van der Waals surface area (Å²) in [7, 11) is 1.46. The van der Waals surface area contributed by atoms with Crippen molar-refractivity contribution < 1.29 is 18.4 Å². The number of halogens is 3. The van der Waals surface area contributed by atoms with Crippen LogP contribution in [0.5, 0.6) is 5.75 Å². The van der Waals surface area contributed by atoms with Gasteiger partial charge < -0.3 is 9.57 Å².